The Bertz CT molecular complexity index is 81.7. The Morgan fingerprint density at radius 1 is 1.50 bits per heavy atom. The summed E-state index contributed by atoms with van der Waals surface area (Å²) in [6, 6.07) is 0. The maximum atomic E-state index is 5.33. The van der Waals surface area contributed by atoms with Gasteiger partial charge in [0.2, 0.25) is 0 Å². The Labute approximate surface area is 67.3 Å². The van der Waals surface area contributed by atoms with Crippen LogP contribution in [0.1, 0.15) is 19.3 Å². The normalized spacial score (nSPS) is 26.7. The highest BCUT2D eigenvalue weighted by atomic mass is 32.1. The van der Waals surface area contributed by atoms with Crippen molar-refractivity contribution in [1.82, 2.24) is 0 Å². The van der Waals surface area contributed by atoms with Crippen molar-refractivity contribution >= 4 is 12.6 Å². The largest absolute Gasteiger partial charge is 0.353 e. The van der Waals surface area contributed by atoms with E-state index in [0.717, 1.165) is 18.8 Å². The van der Waals surface area contributed by atoms with Crippen molar-refractivity contribution in [3.05, 3.63) is 0 Å². The molecule has 0 saturated carbocycles. The van der Waals surface area contributed by atoms with Crippen LogP contribution in [-0.4, -0.2) is 25.3 Å². The molecule has 3 heteroatoms. The number of ether oxygens (including phenoxy) is 2. The Balaban J connectivity index is 2.02. The van der Waals surface area contributed by atoms with Gasteiger partial charge in [-0.3, -0.25) is 0 Å². The molecule has 10 heavy (non-hydrogen) atoms. The first-order valence-electron chi connectivity index (χ1n) is 3.77. The van der Waals surface area contributed by atoms with Crippen molar-refractivity contribution in [3.8, 4) is 0 Å². The van der Waals surface area contributed by atoms with Crippen molar-refractivity contribution in [2.24, 2.45) is 0 Å². The first kappa shape index (κ1) is 8.37. The summed E-state index contributed by atoms with van der Waals surface area (Å²) in [6.07, 6.45) is 3.52. The summed E-state index contributed by atoms with van der Waals surface area (Å²) in [7, 11) is 0. The highest BCUT2D eigenvalue weighted by Gasteiger charge is 2.12. The van der Waals surface area contributed by atoms with Crippen LogP contribution in [0.4, 0.5) is 0 Å². The van der Waals surface area contributed by atoms with Gasteiger partial charge in [0.05, 0.1) is 6.61 Å². The molecule has 0 spiro atoms. The lowest BCUT2D eigenvalue weighted by Gasteiger charge is -2.22. The van der Waals surface area contributed by atoms with E-state index in [-0.39, 0.29) is 6.29 Å². The Kier molecular flexibility index (Phi) is 4.18. The van der Waals surface area contributed by atoms with E-state index in [9.17, 15) is 0 Å². The molecule has 0 aromatic heterocycles. The molecule has 0 aliphatic carbocycles. The molecule has 1 heterocycles. The number of hydrogen-bond acceptors (Lipinski definition) is 3. The van der Waals surface area contributed by atoms with Crippen LogP contribution in [0.5, 0.6) is 0 Å². The molecular formula is C7H14O2S. The molecule has 60 valence electrons. The van der Waals surface area contributed by atoms with E-state index in [2.05, 4.69) is 12.6 Å². The number of thiol groups is 1. The third-order valence-electron chi connectivity index (χ3n) is 1.53. The summed E-state index contributed by atoms with van der Waals surface area (Å²) in [5, 5.41) is 0. The summed E-state index contributed by atoms with van der Waals surface area (Å²) in [5.74, 6) is 0.778. The molecule has 0 bridgehead atoms. The maximum absolute atomic E-state index is 5.33. The van der Waals surface area contributed by atoms with Crippen LogP contribution in [0.25, 0.3) is 0 Å². The molecule has 1 fully saturated rings. The van der Waals surface area contributed by atoms with Crippen LogP contribution in [0.15, 0.2) is 0 Å². The lowest BCUT2D eigenvalue weighted by molar-refractivity contribution is -0.158. The number of rotatable bonds is 3. The van der Waals surface area contributed by atoms with Crippen LogP contribution in [-0.2, 0) is 9.47 Å². The van der Waals surface area contributed by atoms with Gasteiger partial charge in [-0.05, 0) is 19.3 Å². The van der Waals surface area contributed by atoms with E-state index >= 15 is 0 Å². The van der Waals surface area contributed by atoms with Crippen molar-refractivity contribution < 1.29 is 9.47 Å². The second-order valence-corrected chi connectivity index (χ2v) is 2.84. The molecule has 0 aromatic carbocycles. The summed E-state index contributed by atoms with van der Waals surface area (Å²) >= 11 is 4.04. The molecule has 0 amide bonds. The Morgan fingerprint density at radius 2 is 2.40 bits per heavy atom. The van der Waals surface area contributed by atoms with Gasteiger partial charge < -0.3 is 9.47 Å². The SMILES string of the molecule is SCCOC1CCCCO1. The van der Waals surface area contributed by atoms with Crippen LogP contribution < -0.4 is 0 Å². The first-order valence-corrected chi connectivity index (χ1v) is 4.41. The molecule has 1 rings (SSSR count). The predicted molar refractivity (Wildman–Crippen MR) is 43.4 cm³/mol. The molecule has 1 aliphatic heterocycles. The van der Waals surface area contributed by atoms with Gasteiger partial charge in [-0.25, -0.2) is 0 Å². The molecule has 2 nitrogen and oxygen atoms in total. The zero-order valence-electron chi connectivity index (χ0n) is 6.08. The van der Waals surface area contributed by atoms with Gasteiger partial charge in [-0.2, -0.15) is 12.6 Å². The molecule has 1 atom stereocenters. The fraction of sp³-hybridized carbons (Fsp3) is 1.00. The number of hydrogen-bond donors (Lipinski definition) is 1. The first-order chi connectivity index (χ1) is 4.93. The monoisotopic (exact) mass is 162 g/mol. The summed E-state index contributed by atoms with van der Waals surface area (Å²) in [5.41, 5.74) is 0. The van der Waals surface area contributed by atoms with Crippen molar-refractivity contribution in [3.63, 3.8) is 0 Å². The smallest absolute Gasteiger partial charge is 0.157 e. The third-order valence-corrected chi connectivity index (χ3v) is 1.72. The van der Waals surface area contributed by atoms with Gasteiger partial charge in [-0.15, -0.1) is 0 Å². The van der Waals surface area contributed by atoms with Crippen LogP contribution >= 0.6 is 12.6 Å². The lowest BCUT2D eigenvalue weighted by Crippen LogP contribution is -2.22. The lowest BCUT2D eigenvalue weighted by atomic mass is 10.2. The van der Waals surface area contributed by atoms with Gasteiger partial charge in [0.15, 0.2) is 6.29 Å². The average molecular weight is 162 g/mol. The quantitative estimate of drug-likeness (QED) is 0.633. The van der Waals surface area contributed by atoms with Crippen molar-refractivity contribution in [2.75, 3.05) is 19.0 Å². The van der Waals surface area contributed by atoms with Gasteiger partial charge >= 0.3 is 0 Å². The van der Waals surface area contributed by atoms with E-state index in [1.165, 1.54) is 12.8 Å². The molecule has 1 saturated heterocycles. The highest BCUT2D eigenvalue weighted by molar-refractivity contribution is 7.80. The predicted octanol–water partition coefficient (Wildman–Crippen LogP) is 1.46. The van der Waals surface area contributed by atoms with Crippen LogP contribution in [0.3, 0.4) is 0 Å². The van der Waals surface area contributed by atoms with Crippen LogP contribution in [0.2, 0.25) is 0 Å². The molecule has 1 aliphatic rings. The van der Waals surface area contributed by atoms with E-state index in [4.69, 9.17) is 9.47 Å². The fourth-order valence-corrected chi connectivity index (χ4v) is 1.13. The van der Waals surface area contributed by atoms with E-state index in [0.29, 0.717) is 6.61 Å². The van der Waals surface area contributed by atoms with Gasteiger partial charge in [-0.1, -0.05) is 0 Å². The van der Waals surface area contributed by atoms with Gasteiger partial charge in [0, 0.05) is 12.4 Å². The van der Waals surface area contributed by atoms with Gasteiger partial charge in [0.1, 0.15) is 0 Å². The summed E-state index contributed by atoms with van der Waals surface area (Å²) in [4.78, 5) is 0. The van der Waals surface area contributed by atoms with Crippen molar-refractivity contribution in [2.45, 2.75) is 25.6 Å². The Hall–Kier alpha value is 0.270. The minimum absolute atomic E-state index is 0.0564. The van der Waals surface area contributed by atoms with E-state index in [1.54, 1.807) is 0 Å². The third kappa shape index (κ3) is 2.90. The second kappa shape index (κ2) is 4.99. The minimum atomic E-state index is 0.0564. The minimum Gasteiger partial charge on any atom is -0.353 e. The summed E-state index contributed by atoms with van der Waals surface area (Å²) < 4.78 is 10.7. The topological polar surface area (TPSA) is 18.5 Å². The zero-order chi connectivity index (χ0) is 7.23. The van der Waals surface area contributed by atoms with E-state index in [1.807, 2.05) is 0 Å². The molecule has 0 N–H and O–H groups in total. The molecule has 0 aromatic rings. The van der Waals surface area contributed by atoms with Crippen molar-refractivity contribution in [1.29, 1.82) is 0 Å². The van der Waals surface area contributed by atoms with Gasteiger partial charge in [0.25, 0.3) is 0 Å². The molecule has 1 unspecified atom stereocenters. The molecular weight excluding hydrogens is 148 g/mol. The second-order valence-electron chi connectivity index (χ2n) is 2.39. The standard InChI is InChI=1S/C7H14O2S/c10-6-5-9-7-3-1-2-4-8-7/h7,10H,1-6H2. The fourth-order valence-electron chi connectivity index (χ4n) is 1.03. The Morgan fingerprint density at radius 3 is 3.00 bits per heavy atom. The summed E-state index contributed by atoms with van der Waals surface area (Å²) in [6.45, 7) is 1.56. The zero-order valence-corrected chi connectivity index (χ0v) is 6.98. The average Bonchev–Trinajstić information content (AvgIpc) is 2.03. The highest BCUT2D eigenvalue weighted by Crippen LogP contribution is 2.13. The van der Waals surface area contributed by atoms with E-state index < -0.39 is 0 Å². The molecule has 0 radical (unpaired) electrons. The van der Waals surface area contributed by atoms with Crippen LogP contribution in [0, 0.1) is 0 Å². The maximum Gasteiger partial charge on any atom is 0.157 e.